The lowest BCUT2D eigenvalue weighted by Crippen LogP contribution is -3.00. The van der Waals surface area contributed by atoms with Gasteiger partial charge in [0.25, 0.3) is 0 Å². The highest BCUT2D eigenvalue weighted by molar-refractivity contribution is 4.46. The van der Waals surface area contributed by atoms with Crippen LogP contribution in [0.1, 0.15) is 20.8 Å². The standard InChI is InChI=1S/C9H22NO3.ClH/c1-4-10(5-2,6-3)13-8-9(12)7-11;/h9,11-12H,4-8H2,1-3H3;1H/q+1;/p-1. The van der Waals surface area contributed by atoms with Gasteiger partial charge >= 0.3 is 0 Å². The first-order chi connectivity index (χ1) is 6.14. The summed E-state index contributed by atoms with van der Waals surface area (Å²) in [6.45, 7) is 8.76. The van der Waals surface area contributed by atoms with Crippen molar-refractivity contribution in [2.75, 3.05) is 32.8 Å². The summed E-state index contributed by atoms with van der Waals surface area (Å²) in [5, 5.41) is 17.7. The zero-order chi connectivity index (χ0) is 10.3. The van der Waals surface area contributed by atoms with Gasteiger partial charge in [-0.3, -0.25) is 0 Å². The SMILES string of the molecule is CC[N+](CC)(CC)OCC(O)CO.[Cl-]. The average Bonchev–Trinajstić information content (AvgIpc) is 2.20. The fourth-order valence-corrected chi connectivity index (χ4v) is 1.24. The van der Waals surface area contributed by atoms with E-state index in [0.717, 1.165) is 19.6 Å². The minimum Gasteiger partial charge on any atom is -1.00 e. The van der Waals surface area contributed by atoms with Crippen molar-refractivity contribution in [2.24, 2.45) is 0 Å². The number of halogens is 1. The molecule has 0 fully saturated rings. The number of aliphatic hydroxyl groups excluding tert-OH is 2. The summed E-state index contributed by atoms with van der Waals surface area (Å²) in [6.07, 6.45) is -0.762. The van der Waals surface area contributed by atoms with Gasteiger partial charge in [0.05, 0.1) is 6.61 Å². The second-order valence-electron chi connectivity index (χ2n) is 3.14. The number of hydrogen-bond acceptors (Lipinski definition) is 3. The zero-order valence-electron chi connectivity index (χ0n) is 9.24. The Morgan fingerprint density at radius 1 is 1.14 bits per heavy atom. The Morgan fingerprint density at radius 3 is 1.86 bits per heavy atom. The molecule has 1 unspecified atom stereocenters. The molecule has 0 bridgehead atoms. The summed E-state index contributed by atoms with van der Waals surface area (Å²) >= 11 is 0. The van der Waals surface area contributed by atoms with Crippen molar-refractivity contribution in [3.8, 4) is 0 Å². The van der Waals surface area contributed by atoms with Gasteiger partial charge in [0.1, 0.15) is 32.3 Å². The van der Waals surface area contributed by atoms with E-state index in [1.807, 2.05) is 0 Å². The van der Waals surface area contributed by atoms with E-state index in [1.54, 1.807) is 0 Å². The largest absolute Gasteiger partial charge is 1.00 e. The lowest BCUT2D eigenvalue weighted by Gasteiger charge is -2.32. The van der Waals surface area contributed by atoms with Gasteiger partial charge in [0.15, 0.2) is 0 Å². The van der Waals surface area contributed by atoms with Crippen molar-refractivity contribution in [3.05, 3.63) is 0 Å². The van der Waals surface area contributed by atoms with Crippen LogP contribution in [0.5, 0.6) is 0 Å². The van der Waals surface area contributed by atoms with Crippen LogP contribution in [0.2, 0.25) is 0 Å². The molecule has 0 aromatic heterocycles. The van der Waals surface area contributed by atoms with Gasteiger partial charge in [0, 0.05) is 0 Å². The highest BCUT2D eigenvalue weighted by atomic mass is 35.5. The molecule has 5 heteroatoms. The Bertz CT molecular complexity index is 123. The molecule has 0 amide bonds. The molecule has 1 atom stereocenters. The molecule has 14 heavy (non-hydrogen) atoms. The Balaban J connectivity index is 0. The van der Waals surface area contributed by atoms with Crippen LogP contribution < -0.4 is 12.4 Å². The highest BCUT2D eigenvalue weighted by Crippen LogP contribution is 2.07. The van der Waals surface area contributed by atoms with Crippen molar-refractivity contribution in [2.45, 2.75) is 26.9 Å². The smallest absolute Gasteiger partial charge is 0.134 e. The minimum absolute atomic E-state index is 0. The molecule has 2 N–H and O–H groups in total. The van der Waals surface area contributed by atoms with E-state index in [0.29, 0.717) is 4.65 Å². The Hall–Kier alpha value is 0.130. The highest BCUT2D eigenvalue weighted by Gasteiger charge is 2.23. The molecule has 4 nitrogen and oxygen atoms in total. The summed E-state index contributed by atoms with van der Waals surface area (Å²) in [7, 11) is 0. The molecule has 0 aliphatic carbocycles. The molecule has 88 valence electrons. The van der Waals surface area contributed by atoms with Crippen LogP contribution in [0.3, 0.4) is 0 Å². The number of rotatable bonds is 7. The Morgan fingerprint density at radius 2 is 1.57 bits per heavy atom. The third-order valence-corrected chi connectivity index (χ3v) is 2.48. The summed E-state index contributed by atoms with van der Waals surface area (Å²) < 4.78 is 0.539. The van der Waals surface area contributed by atoms with Crippen LogP contribution in [-0.4, -0.2) is 53.8 Å². The predicted octanol–water partition coefficient (Wildman–Crippen LogP) is -2.85. The average molecular weight is 228 g/mol. The molecular formula is C9H22ClNO3. The molecule has 0 heterocycles. The molecular weight excluding hydrogens is 206 g/mol. The maximum Gasteiger partial charge on any atom is 0.134 e. The number of nitrogens with zero attached hydrogens (tertiary/aromatic N) is 1. The van der Waals surface area contributed by atoms with Gasteiger partial charge < -0.3 is 22.6 Å². The Labute approximate surface area is 92.4 Å². The molecule has 0 saturated carbocycles. The van der Waals surface area contributed by atoms with Crippen LogP contribution in [0.15, 0.2) is 0 Å². The van der Waals surface area contributed by atoms with Crippen molar-refractivity contribution >= 4 is 0 Å². The third kappa shape index (κ3) is 5.12. The van der Waals surface area contributed by atoms with Crippen molar-refractivity contribution in [1.82, 2.24) is 0 Å². The lowest BCUT2D eigenvalue weighted by atomic mass is 10.4. The summed E-state index contributed by atoms with van der Waals surface area (Å²) in [6, 6.07) is 0. The van der Waals surface area contributed by atoms with E-state index in [2.05, 4.69) is 20.8 Å². The van der Waals surface area contributed by atoms with Crippen LogP contribution in [0.25, 0.3) is 0 Å². The van der Waals surface area contributed by atoms with Gasteiger partial charge in [0.2, 0.25) is 0 Å². The quantitative estimate of drug-likeness (QED) is 0.364. The zero-order valence-corrected chi connectivity index (χ0v) is 10.00. The van der Waals surface area contributed by atoms with Gasteiger partial charge in [-0.05, 0) is 20.8 Å². The van der Waals surface area contributed by atoms with E-state index in [4.69, 9.17) is 15.1 Å². The second kappa shape index (κ2) is 8.44. The molecule has 0 aromatic carbocycles. The molecule has 0 aliphatic rings. The lowest BCUT2D eigenvalue weighted by molar-refractivity contribution is -1.10. The van der Waals surface area contributed by atoms with Crippen molar-refractivity contribution in [3.63, 3.8) is 0 Å². The molecule has 0 spiro atoms. The number of hydroxylamine groups is 3. The predicted molar refractivity (Wildman–Crippen MR) is 50.9 cm³/mol. The third-order valence-electron chi connectivity index (χ3n) is 2.48. The summed E-state index contributed by atoms with van der Waals surface area (Å²) in [5.41, 5.74) is 0. The molecule has 0 rings (SSSR count). The first-order valence-corrected chi connectivity index (χ1v) is 4.93. The fourth-order valence-electron chi connectivity index (χ4n) is 1.24. The van der Waals surface area contributed by atoms with E-state index in [1.165, 1.54) is 0 Å². The minimum atomic E-state index is -0.762. The molecule has 0 radical (unpaired) electrons. The van der Waals surface area contributed by atoms with Crippen LogP contribution >= 0.6 is 0 Å². The summed E-state index contributed by atoms with van der Waals surface area (Å²) in [4.78, 5) is 5.56. The van der Waals surface area contributed by atoms with Gasteiger partial charge in [-0.1, -0.05) is 0 Å². The molecule has 0 aromatic rings. The van der Waals surface area contributed by atoms with Crippen LogP contribution in [0, 0.1) is 0 Å². The van der Waals surface area contributed by atoms with E-state index < -0.39 is 6.10 Å². The normalized spacial score (nSPS) is 13.5. The van der Waals surface area contributed by atoms with Crippen LogP contribution in [0.4, 0.5) is 0 Å². The van der Waals surface area contributed by atoms with Crippen LogP contribution in [-0.2, 0) is 4.84 Å². The Kier molecular flexibility index (Phi) is 9.98. The maximum absolute atomic E-state index is 9.12. The van der Waals surface area contributed by atoms with E-state index in [-0.39, 0.29) is 25.6 Å². The molecule has 0 saturated heterocycles. The molecule has 0 aliphatic heterocycles. The van der Waals surface area contributed by atoms with Gasteiger partial charge in [-0.15, -0.1) is 0 Å². The number of aliphatic hydroxyl groups is 2. The van der Waals surface area contributed by atoms with Gasteiger partial charge in [-0.25, -0.2) is 4.84 Å². The first-order valence-electron chi connectivity index (χ1n) is 4.93. The topological polar surface area (TPSA) is 49.7 Å². The van der Waals surface area contributed by atoms with E-state index >= 15 is 0 Å². The van der Waals surface area contributed by atoms with E-state index in [9.17, 15) is 0 Å². The maximum atomic E-state index is 9.12. The van der Waals surface area contributed by atoms with Crippen molar-refractivity contribution < 1.29 is 32.1 Å². The van der Waals surface area contributed by atoms with Gasteiger partial charge in [-0.2, -0.15) is 4.65 Å². The van der Waals surface area contributed by atoms with Crippen molar-refractivity contribution in [1.29, 1.82) is 0 Å². The summed E-state index contributed by atoms with van der Waals surface area (Å²) in [5.74, 6) is 0. The number of hydrogen-bond donors (Lipinski definition) is 2. The number of quaternary nitrogens is 1. The fraction of sp³-hybridized carbons (Fsp3) is 1.00. The second-order valence-corrected chi connectivity index (χ2v) is 3.14. The first kappa shape index (κ1) is 16.6. The monoisotopic (exact) mass is 227 g/mol.